The van der Waals surface area contributed by atoms with E-state index < -0.39 is 0 Å². The summed E-state index contributed by atoms with van der Waals surface area (Å²) in [6.07, 6.45) is 4.76. The lowest BCUT2D eigenvalue weighted by molar-refractivity contribution is 0.0947. The predicted octanol–water partition coefficient (Wildman–Crippen LogP) is 1.77. The summed E-state index contributed by atoms with van der Waals surface area (Å²) in [6.45, 7) is 0.784. The van der Waals surface area contributed by atoms with Gasteiger partial charge in [-0.1, -0.05) is 18.2 Å². The Morgan fingerprint density at radius 2 is 2.19 bits per heavy atom. The fourth-order valence-electron chi connectivity index (χ4n) is 2.00. The van der Waals surface area contributed by atoms with Gasteiger partial charge in [0.1, 0.15) is 17.9 Å². The highest BCUT2D eigenvalue weighted by molar-refractivity contribution is 5.93. The number of H-pyrrole nitrogens is 1. The Hall–Kier alpha value is -2.89. The van der Waals surface area contributed by atoms with Gasteiger partial charge in [0.2, 0.25) is 0 Å². The number of hydrogen-bond acceptors (Lipinski definition) is 4. The molecule has 3 rings (SSSR count). The Labute approximate surface area is 121 Å². The zero-order valence-electron chi connectivity index (χ0n) is 11.2. The van der Waals surface area contributed by atoms with Gasteiger partial charge in [0.25, 0.3) is 5.91 Å². The zero-order valence-corrected chi connectivity index (χ0v) is 11.2. The van der Waals surface area contributed by atoms with Crippen LogP contribution in [0.2, 0.25) is 0 Å². The Balaban J connectivity index is 1.56. The van der Waals surface area contributed by atoms with Crippen LogP contribution in [0, 0.1) is 0 Å². The molecule has 0 unspecified atom stereocenters. The molecule has 0 aliphatic carbocycles. The third kappa shape index (κ3) is 3.00. The Morgan fingerprint density at radius 1 is 1.29 bits per heavy atom. The second kappa shape index (κ2) is 6.04. The zero-order chi connectivity index (χ0) is 14.5. The maximum atomic E-state index is 11.7. The summed E-state index contributed by atoms with van der Waals surface area (Å²) in [7, 11) is 0. The smallest absolute Gasteiger partial charge is 0.254 e. The highest BCUT2D eigenvalue weighted by Crippen LogP contribution is 2.22. The molecular weight excluding hydrogens is 268 g/mol. The number of ether oxygens (including phenoxy) is 1. The summed E-state index contributed by atoms with van der Waals surface area (Å²) in [6, 6.07) is 9.64. The summed E-state index contributed by atoms with van der Waals surface area (Å²) in [5, 5.41) is 10.1. The van der Waals surface area contributed by atoms with Crippen molar-refractivity contribution in [2.75, 3.05) is 13.2 Å². The highest BCUT2D eigenvalue weighted by atomic mass is 16.5. The quantitative estimate of drug-likeness (QED) is 0.699. The summed E-state index contributed by atoms with van der Waals surface area (Å²) in [5.41, 5.74) is 1.32. The van der Waals surface area contributed by atoms with E-state index in [4.69, 9.17) is 4.74 Å². The first-order valence-corrected chi connectivity index (χ1v) is 6.58. The molecule has 0 aliphatic heterocycles. The van der Waals surface area contributed by atoms with Crippen LogP contribution in [0.15, 0.2) is 48.9 Å². The molecular formula is C15H14N4O2. The number of benzene rings is 1. The van der Waals surface area contributed by atoms with Crippen molar-refractivity contribution in [2.45, 2.75) is 0 Å². The number of aromatic nitrogens is 3. The number of rotatable bonds is 5. The molecule has 0 saturated heterocycles. The summed E-state index contributed by atoms with van der Waals surface area (Å²) >= 11 is 0. The number of fused-ring (bicyclic) bond motifs is 1. The van der Waals surface area contributed by atoms with Gasteiger partial charge >= 0.3 is 0 Å². The van der Waals surface area contributed by atoms with Gasteiger partial charge in [-0.3, -0.25) is 14.9 Å². The molecule has 106 valence electrons. The maximum Gasteiger partial charge on any atom is 0.254 e. The average Bonchev–Trinajstić information content (AvgIpc) is 3.06. The van der Waals surface area contributed by atoms with E-state index in [9.17, 15) is 4.79 Å². The van der Waals surface area contributed by atoms with Crippen molar-refractivity contribution in [3.63, 3.8) is 0 Å². The third-order valence-electron chi connectivity index (χ3n) is 3.00. The van der Waals surface area contributed by atoms with Gasteiger partial charge in [-0.2, -0.15) is 5.10 Å². The van der Waals surface area contributed by atoms with Gasteiger partial charge in [-0.05, 0) is 12.1 Å². The van der Waals surface area contributed by atoms with Crippen LogP contribution in [-0.2, 0) is 0 Å². The molecule has 0 bridgehead atoms. The first-order chi connectivity index (χ1) is 10.3. The largest absolute Gasteiger partial charge is 0.489 e. The minimum atomic E-state index is -0.177. The molecule has 2 aromatic heterocycles. The van der Waals surface area contributed by atoms with Crippen LogP contribution in [0.5, 0.6) is 5.75 Å². The Morgan fingerprint density at radius 3 is 3.05 bits per heavy atom. The van der Waals surface area contributed by atoms with E-state index in [1.54, 1.807) is 12.4 Å². The first-order valence-electron chi connectivity index (χ1n) is 6.58. The lowest BCUT2D eigenvalue weighted by atomic mass is 10.2. The summed E-state index contributed by atoms with van der Waals surface area (Å²) in [4.78, 5) is 16.0. The van der Waals surface area contributed by atoms with Gasteiger partial charge in [-0.15, -0.1) is 0 Å². The first kappa shape index (κ1) is 13.1. The second-order valence-electron chi connectivity index (χ2n) is 4.42. The minimum Gasteiger partial charge on any atom is -0.489 e. The van der Waals surface area contributed by atoms with Gasteiger partial charge in [-0.25, -0.2) is 0 Å². The normalized spacial score (nSPS) is 10.5. The SMILES string of the molecule is O=C(NCCOc1cccc2cccnc12)c1cn[nH]c1. The predicted molar refractivity (Wildman–Crippen MR) is 78.2 cm³/mol. The van der Waals surface area contributed by atoms with E-state index in [0.717, 1.165) is 10.9 Å². The number of carbonyl (C=O) groups excluding carboxylic acids is 1. The molecule has 0 saturated carbocycles. The second-order valence-corrected chi connectivity index (χ2v) is 4.42. The summed E-state index contributed by atoms with van der Waals surface area (Å²) in [5.74, 6) is 0.536. The van der Waals surface area contributed by atoms with E-state index >= 15 is 0 Å². The molecule has 0 fully saturated rings. The third-order valence-corrected chi connectivity index (χ3v) is 3.00. The monoisotopic (exact) mass is 282 g/mol. The fraction of sp³-hybridized carbons (Fsp3) is 0.133. The molecule has 0 radical (unpaired) electrons. The highest BCUT2D eigenvalue weighted by Gasteiger charge is 2.06. The van der Waals surface area contributed by atoms with Gasteiger partial charge < -0.3 is 10.1 Å². The van der Waals surface area contributed by atoms with Crippen molar-refractivity contribution in [1.82, 2.24) is 20.5 Å². The van der Waals surface area contributed by atoms with E-state index in [2.05, 4.69) is 20.5 Å². The number of hydrogen-bond donors (Lipinski definition) is 2. The van der Waals surface area contributed by atoms with Crippen LogP contribution >= 0.6 is 0 Å². The number of nitrogens with zero attached hydrogens (tertiary/aromatic N) is 2. The van der Waals surface area contributed by atoms with Crippen LogP contribution in [0.4, 0.5) is 0 Å². The molecule has 2 heterocycles. The minimum absolute atomic E-state index is 0.177. The molecule has 21 heavy (non-hydrogen) atoms. The molecule has 1 amide bonds. The van der Waals surface area contributed by atoms with Gasteiger partial charge in [0.15, 0.2) is 0 Å². The van der Waals surface area contributed by atoms with Crippen molar-refractivity contribution in [3.05, 3.63) is 54.5 Å². The van der Waals surface area contributed by atoms with Crippen molar-refractivity contribution >= 4 is 16.8 Å². The Bertz CT molecular complexity index is 735. The topological polar surface area (TPSA) is 79.9 Å². The fourth-order valence-corrected chi connectivity index (χ4v) is 2.00. The van der Waals surface area contributed by atoms with E-state index in [0.29, 0.717) is 24.5 Å². The molecule has 0 aliphatic rings. The van der Waals surface area contributed by atoms with Crippen molar-refractivity contribution in [2.24, 2.45) is 0 Å². The van der Waals surface area contributed by atoms with Crippen LogP contribution in [0.3, 0.4) is 0 Å². The molecule has 0 atom stereocenters. The number of carbonyl (C=O) groups is 1. The number of aromatic amines is 1. The van der Waals surface area contributed by atoms with Crippen LogP contribution in [-0.4, -0.2) is 34.2 Å². The number of pyridine rings is 1. The number of amides is 1. The van der Waals surface area contributed by atoms with Crippen molar-refractivity contribution in [3.8, 4) is 5.75 Å². The number of para-hydroxylation sites is 1. The molecule has 1 aromatic carbocycles. The molecule has 3 aromatic rings. The van der Waals surface area contributed by atoms with Crippen LogP contribution in [0.25, 0.3) is 10.9 Å². The van der Waals surface area contributed by atoms with E-state index in [1.165, 1.54) is 6.20 Å². The van der Waals surface area contributed by atoms with Crippen molar-refractivity contribution < 1.29 is 9.53 Å². The standard InChI is InChI=1S/C15H14N4O2/c20-15(12-9-18-19-10-12)17-7-8-21-13-5-1-3-11-4-2-6-16-14(11)13/h1-6,9-10H,7-8H2,(H,17,20)(H,18,19). The van der Waals surface area contributed by atoms with Crippen LogP contribution in [0.1, 0.15) is 10.4 Å². The van der Waals surface area contributed by atoms with Gasteiger partial charge in [0.05, 0.1) is 18.3 Å². The number of nitrogens with one attached hydrogen (secondary N) is 2. The van der Waals surface area contributed by atoms with Crippen molar-refractivity contribution in [1.29, 1.82) is 0 Å². The molecule has 6 nitrogen and oxygen atoms in total. The molecule has 6 heteroatoms. The molecule has 2 N–H and O–H groups in total. The van der Waals surface area contributed by atoms with E-state index in [1.807, 2.05) is 30.3 Å². The lowest BCUT2D eigenvalue weighted by Crippen LogP contribution is -2.27. The van der Waals surface area contributed by atoms with Crippen LogP contribution < -0.4 is 10.1 Å². The average molecular weight is 282 g/mol. The Kier molecular flexibility index (Phi) is 3.77. The maximum absolute atomic E-state index is 11.7. The summed E-state index contributed by atoms with van der Waals surface area (Å²) < 4.78 is 5.69. The van der Waals surface area contributed by atoms with E-state index in [-0.39, 0.29) is 5.91 Å². The lowest BCUT2D eigenvalue weighted by Gasteiger charge is -2.09. The van der Waals surface area contributed by atoms with Gasteiger partial charge in [0, 0.05) is 17.8 Å². The molecule has 0 spiro atoms.